The highest BCUT2D eigenvalue weighted by Gasteiger charge is 2.22. The van der Waals surface area contributed by atoms with Gasteiger partial charge in [0.05, 0.1) is 0 Å². The van der Waals surface area contributed by atoms with E-state index in [1.54, 1.807) is 30.6 Å². The Morgan fingerprint density at radius 2 is 1.80 bits per heavy atom. The van der Waals surface area contributed by atoms with Crippen LogP contribution in [0.25, 0.3) is 6.08 Å². The molecule has 1 aliphatic rings. The standard InChI is InChI=1S/C9H7N3O2.ClH/c13-8-7(11-9(14)12-8)5-6-1-3-10-4-2-6;/h1-5H,(H2,11,12,13,14);1H. The van der Waals surface area contributed by atoms with E-state index in [4.69, 9.17) is 0 Å². The second kappa shape index (κ2) is 4.56. The second-order valence-electron chi connectivity index (χ2n) is 2.75. The van der Waals surface area contributed by atoms with E-state index in [1.807, 2.05) is 0 Å². The van der Waals surface area contributed by atoms with Gasteiger partial charge in [-0.1, -0.05) is 0 Å². The lowest BCUT2D eigenvalue weighted by atomic mass is 10.2. The van der Waals surface area contributed by atoms with Gasteiger partial charge in [0, 0.05) is 12.4 Å². The summed E-state index contributed by atoms with van der Waals surface area (Å²) in [5.74, 6) is -0.410. The van der Waals surface area contributed by atoms with E-state index in [2.05, 4.69) is 15.6 Å². The minimum absolute atomic E-state index is 0. The molecule has 3 amide bonds. The quantitative estimate of drug-likeness (QED) is 0.546. The number of hydrogen-bond acceptors (Lipinski definition) is 3. The lowest BCUT2D eigenvalue weighted by Gasteiger charge is -1.93. The highest BCUT2D eigenvalue weighted by atomic mass is 35.5. The molecule has 2 rings (SSSR count). The maximum Gasteiger partial charge on any atom is 0.326 e. The van der Waals surface area contributed by atoms with Crippen LogP contribution in [0.1, 0.15) is 5.56 Å². The van der Waals surface area contributed by atoms with Crippen molar-refractivity contribution in [3.63, 3.8) is 0 Å². The zero-order chi connectivity index (χ0) is 9.97. The Kier molecular flexibility index (Phi) is 3.41. The molecule has 0 saturated carbocycles. The number of amides is 3. The summed E-state index contributed by atoms with van der Waals surface area (Å²) in [6.07, 6.45) is 4.81. The average Bonchev–Trinajstić information content (AvgIpc) is 2.47. The van der Waals surface area contributed by atoms with E-state index in [9.17, 15) is 9.59 Å². The Hall–Kier alpha value is -1.88. The fourth-order valence-electron chi connectivity index (χ4n) is 1.11. The Labute approximate surface area is 92.0 Å². The summed E-state index contributed by atoms with van der Waals surface area (Å²) < 4.78 is 0. The molecule has 0 unspecified atom stereocenters. The number of nitrogens with zero attached hydrogens (tertiary/aromatic N) is 1. The number of pyridine rings is 1. The summed E-state index contributed by atoms with van der Waals surface area (Å²) in [6, 6.07) is 2.99. The van der Waals surface area contributed by atoms with E-state index < -0.39 is 11.9 Å². The van der Waals surface area contributed by atoms with Gasteiger partial charge in [-0.05, 0) is 23.8 Å². The Bertz CT molecular complexity index is 417. The van der Waals surface area contributed by atoms with Gasteiger partial charge in [0.2, 0.25) is 0 Å². The Morgan fingerprint density at radius 3 is 2.33 bits per heavy atom. The van der Waals surface area contributed by atoms with Crippen LogP contribution in [-0.4, -0.2) is 16.9 Å². The average molecular weight is 226 g/mol. The molecular formula is C9H8ClN3O2. The first kappa shape index (κ1) is 11.2. The van der Waals surface area contributed by atoms with Gasteiger partial charge in [-0.25, -0.2) is 4.79 Å². The molecule has 5 nitrogen and oxygen atoms in total. The fraction of sp³-hybridized carbons (Fsp3) is 0. The molecule has 2 N–H and O–H groups in total. The Balaban J connectivity index is 0.00000112. The zero-order valence-corrected chi connectivity index (χ0v) is 8.38. The summed E-state index contributed by atoms with van der Waals surface area (Å²) in [5, 5.41) is 4.51. The number of nitrogens with one attached hydrogen (secondary N) is 2. The van der Waals surface area contributed by atoms with Crippen molar-refractivity contribution in [1.82, 2.24) is 15.6 Å². The van der Waals surface area contributed by atoms with Crippen LogP contribution in [0.2, 0.25) is 0 Å². The van der Waals surface area contributed by atoms with Crippen LogP contribution in [-0.2, 0) is 4.79 Å². The van der Waals surface area contributed by atoms with Gasteiger partial charge in [-0.2, -0.15) is 0 Å². The summed E-state index contributed by atoms with van der Waals surface area (Å²) in [4.78, 5) is 25.7. The van der Waals surface area contributed by atoms with Gasteiger partial charge >= 0.3 is 6.03 Å². The van der Waals surface area contributed by atoms with Crippen LogP contribution in [0, 0.1) is 0 Å². The molecule has 0 spiro atoms. The first-order chi connectivity index (χ1) is 6.75. The van der Waals surface area contributed by atoms with Crippen molar-refractivity contribution in [2.75, 3.05) is 0 Å². The first-order valence-electron chi connectivity index (χ1n) is 4.00. The number of hydrogen-bond donors (Lipinski definition) is 2. The molecule has 1 aromatic rings. The summed E-state index contributed by atoms with van der Waals surface area (Å²) in [6.45, 7) is 0. The van der Waals surface area contributed by atoms with E-state index in [0.717, 1.165) is 5.56 Å². The molecule has 78 valence electrons. The minimum Gasteiger partial charge on any atom is -0.303 e. The molecule has 6 heteroatoms. The molecule has 1 aliphatic heterocycles. The third kappa shape index (κ3) is 2.54. The number of rotatable bonds is 1. The summed E-state index contributed by atoms with van der Waals surface area (Å²) >= 11 is 0. The lowest BCUT2D eigenvalue weighted by Crippen LogP contribution is -2.22. The number of carbonyl (C=O) groups excluding carboxylic acids is 2. The van der Waals surface area contributed by atoms with Gasteiger partial charge in [0.15, 0.2) is 0 Å². The maximum atomic E-state index is 11.1. The van der Waals surface area contributed by atoms with Crippen molar-refractivity contribution < 1.29 is 9.59 Å². The van der Waals surface area contributed by atoms with Gasteiger partial charge in [0.25, 0.3) is 5.91 Å². The maximum absolute atomic E-state index is 11.1. The van der Waals surface area contributed by atoms with Crippen molar-refractivity contribution in [2.45, 2.75) is 0 Å². The van der Waals surface area contributed by atoms with Crippen LogP contribution in [0.15, 0.2) is 30.2 Å². The predicted octanol–water partition coefficient (Wildman–Crippen LogP) is 0.684. The van der Waals surface area contributed by atoms with Crippen LogP contribution in [0.4, 0.5) is 4.79 Å². The van der Waals surface area contributed by atoms with Crippen LogP contribution in [0.3, 0.4) is 0 Å². The van der Waals surface area contributed by atoms with E-state index >= 15 is 0 Å². The van der Waals surface area contributed by atoms with Crippen molar-refractivity contribution in [2.24, 2.45) is 0 Å². The molecule has 1 saturated heterocycles. The van der Waals surface area contributed by atoms with E-state index in [0.29, 0.717) is 0 Å². The molecular weight excluding hydrogens is 218 g/mol. The third-order valence-corrected chi connectivity index (χ3v) is 1.74. The van der Waals surface area contributed by atoms with E-state index in [1.165, 1.54) is 0 Å². The molecule has 0 aromatic carbocycles. The number of halogens is 1. The molecule has 0 bridgehead atoms. The lowest BCUT2D eigenvalue weighted by molar-refractivity contribution is -0.115. The normalized spacial score (nSPS) is 16.9. The monoisotopic (exact) mass is 225 g/mol. The molecule has 1 aromatic heterocycles. The summed E-state index contributed by atoms with van der Waals surface area (Å²) in [5.41, 5.74) is 1.06. The van der Waals surface area contributed by atoms with E-state index in [-0.39, 0.29) is 18.1 Å². The van der Waals surface area contributed by atoms with Gasteiger partial charge in [-0.15, -0.1) is 12.4 Å². The third-order valence-electron chi connectivity index (χ3n) is 1.74. The number of imide groups is 1. The Morgan fingerprint density at radius 1 is 1.13 bits per heavy atom. The highest BCUT2D eigenvalue weighted by molar-refractivity contribution is 6.13. The number of urea groups is 1. The van der Waals surface area contributed by atoms with Crippen LogP contribution < -0.4 is 10.6 Å². The molecule has 1 fully saturated rings. The zero-order valence-electron chi connectivity index (χ0n) is 7.56. The molecule has 0 radical (unpaired) electrons. The van der Waals surface area contributed by atoms with Crippen molar-refractivity contribution in [1.29, 1.82) is 0 Å². The van der Waals surface area contributed by atoms with Crippen LogP contribution >= 0.6 is 12.4 Å². The fourth-order valence-corrected chi connectivity index (χ4v) is 1.11. The number of aromatic nitrogens is 1. The van der Waals surface area contributed by atoms with Crippen molar-refractivity contribution >= 4 is 30.4 Å². The SMILES string of the molecule is Cl.O=C1NC(=O)C(=Cc2ccncc2)N1. The minimum atomic E-state index is -0.490. The summed E-state index contributed by atoms with van der Waals surface area (Å²) in [7, 11) is 0. The number of carbonyl (C=O) groups is 2. The van der Waals surface area contributed by atoms with Gasteiger partial charge < -0.3 is 5.32 Å². The van der Waals surface area contributed by atoms with Gasteiger partial charge in [-0.3, -0.25) is 15.1 Å². The molecule has 15 heavy (non-hydrogen) atoms. The second-order valence-corrected chi connectivity index (χ2v) is 2.75. The molecule has 2 heterocycles. The van der Waals surface area contributed by atoms with Crippen molar-refractivity contribution in [3.05, 3.63) is 35.8 Å². The van der Waals surface area contributed by atoms with Crippen molar-refractivity contribution in [3.8, 4) is 0 Å². The van der Waals surface area contributed by atoms with Crippen LogP contribution in [0.5, 0.6) is 0 Å². The van der Waals surface area contributed by atoms with Gasteiger partial charge in [0.1, 0.15) is 5.70 Å². The first-order valence-corrected chi connectivity index (χ1v) is 4.00. The topological polar surface area (TPSA) is 71.1 Å². The molecule has 0 atom stereocenters. The largest absolute Gasteiger partial charge is 0.326 e. The molecule has 0 aliphatic carbocycles. The highest BCUT2D eigenvalue weighted by Crippen LogP contribution is 2.06. The predicted molar refractivity (Wildman–Crippen MR) is 56.1 cm³/mol. The smallest absolute Gasteiger partial charge is 0.303 e.